The second-order valence-electron chi connectivity index (χ2n) is 2.49. The molecule has 0 fully saturated rings. The van der Waals surface area contributed by atoms with E-state index in [4.69, 9.17) is 11.6 Å². The fourth-order valence-electron chi connectivity index (χ4n) is 0.966. The molecule has 0 spiro atoms. The summed E-state index contributed by atoms with van der Waals surface area (Å²) in [5, 5.41) is 5.86. The number of rotatable bonds is 1. The van der Waals surface area contributed by atoms with Crippen LogP contribution in [0.2, 0.25) is 5.02 Å². The van der Waals surface area contributed by atoms with Gasteiger partial charge in [-0.3, -0.25) is 0 Å². The van der Waals surface area contributed by atoms with Crippen molar-refractivity contribution in [3.63, 3.8) is 0 Å². The van der Waals surface area contributed by atoms with E-state index in [-0.39, 0.29) is 0 Å². The number of thiophene rings is 1. The van der Waals surface area contributed by atoms with Crippen LogP contribution in [0.4, 0.5) is 0 Å². The third kappa shape index (κ3) is 1.38. The lowest BCUT2D eigenvalue weighted by Crippen LogP contribution is -1.88. The predicted octanol–water partition coefficient (Wildman–Crippen LogP) is 2.90. The Morgan fingerprint density at radius 2 is 2.33 bits per heavy atom. The molecule has 2 heterocycles. The average Bonchev–Trinajstić information content (AvgIpc) is 2.58. The molecule has 2 nitrogen and oxygen atoms in total. The van der Waals surface area contributed by atoms with Crippen LogP contribution in [0.15, 0.2) is 24.5 Å². The molecule has 0 aliphatic carbocycles. The van der Waals surface area contributed by atoms with Gasteiger partial charge in [-0.15, -0.1) is 11.3 Å². The first-order valence-electron chi connectivity index (χ1n) is 3.53. The first-order chi connectivity index (χ1) is 5.75. The molecule has 0 atom stereocenters. The smallest absolute Gasteiger partial charge is 0.117 e. The molecule has 4 heteroatoms. The van der Waals surface area contributed by atoms with Crippen molar-refractivity contribution >= 4 is 22.9 Å². The third-order valence-corrected chi connectivity index (χ3v) is 2.69. The molecule has 62 valence electrons. The summed E-state index contributed by atoms with van der Waals surface area (Å²) >= 11 is 7.43. The Bertz CT molecular complexity index is 353. The summed E-state index contributed by atoms with van der Waals surface area (Å²) in [4.78, 5) is 1.27. The van der Waals surface area contributed by atoms with E-state index in [0.29, 0.717) is 5.02 Å². The number of hydrogen-bond acceptors (Lipinski definition) is 2. The summed E-state index contributed by atoms with van der Waals surface area (Å²) in [6, 6.07) is 4.10. The molecular weight excluding hydrogens is 192 g/mol. The average molecular weight is 199 g/mol. The maximum atomic E-state index is 5.74. The van der Waals surface area contributed by atoms with E-state index in [9.17, 15) is 0 Å². The molecule has 0 unspecified atom stereocenters. The zero-order valence-corrected chi connectivity index (χ0v) is 8.06. The fourth-order valence-corrected chi connectivity index (χ4v) is 1.90. The van der Waals surface area contributed by atoms with Gasteiger partial charge in [0.25, 0.3) is 0 Å². The Morgan fingerprint density at radius 1 is 1.50 bits per heavy atom. The van der Waals surface area contributed by atoms with Gasteiger partial charge in [0.15, 0.2) is 0 Å². The van der Waals surface area contributed by atoms with Crippen LogP contribution in [0.5, 0.6) is 0 Å². The lowest BCUT2D eigenvalue weighted by Gasteiger charge is -1.92. The molecular formula is C8H7ClN2S. The highest BCUT2D eigenvalue weighted by atomic mass is 35.5. The lowest BCUT2D eigenvalue weighted by atomic mass is 10.5. The molecule has 0 saturated carbocycles. The van der Waals surface area contributed by atoms with Crippen molar-refractivity contribution in [3.8, 4) is 5.00 Å². The topological polar surface area (TPSA) is 17.8 Å². The van der Waals surface area contributed by atoms with Gasteiger partial charge in [-0.05, 0) is 19.1 Å². The molecule has 0 bridgehead atoms. The van der Waals surface area contributed by atoms with Crippen LogP contribution in [0.3, 0.4) is 0 Å². The van der Waals surface area contributed by atoms with E-state index in [1.807, 2.05) is 6.07 Å². The quantitative estimate of drug-likeness (QED) is 0.689. The van der Waals surface area contributed by atoms with Crippen LogP contribution in [0.1, 0.15) is 4.88 Å². The molecule has 0 radical (unpaired) electrons. The molecule has 0 aromatic carbocycles. The minimum Gasteiger partial charge on any atom is -0.229 e. The summed E-state index contributed by atoms with van der Waals surface area (Å²) in [6.07, 6.45) is 3.43. The van der Waals surface area contributed by atoms with E-state index < -0.39 is 0 Å². The van der Waals surface area contributed by atoms with Crippen LogP contribution in [0, 0.1) is 6.92 Å². The van der Waals surface area contributed by atoms with E-state index in [2.05, 4.69) is 18.1 Å². The molecule has 0 saturated heterocycles. The number of nitrogens with zero attached hydrogens (tertiary/aromatic N) is 2. The molecule has 0 N–H and O–H groups in total. The van der Waals surface area contributed by atoms with Gasteiger partial charge in [-0.1, -0.05) is 11.6 Å². The number of aryl methyl sites for hydroxylation is 1. The second kappa shape index (κ2) is 2.92. The molecule has 2 aromatic rings. The highest BCUT2D eigenvalue weighted by Crippen LogP contribution is 2.20. The van der Waals surface area contributed by atoms with E-state index in [1.54, 1.807) is 28.4 Å². The Labute approximate surface area is 79.4 Å². The number of hydrogen-bond donors (Lipinski definition) is 0. The zero-order chi connectivity index (χ0) is 8.55. The summed E-state index contributed by atoms with van der Waals surface area (Å²) in [5.74, 6) is 0. The molecule has 0 aliphatic heterocycles. The van der Waals surface area contributed by atoms with Gasteiger partial charge in [0, 0.05) is 4.88 Å². The van der Waals surface area contributed by atoms with Crippen molar-refractivity contribution in [3.05, 3.63) is 34.4 Å². The maximum absolute atomic E-state index is 5.74. The molecule has 2 aromatic heterocycles. The van der Waals surface area contributed by atoms with Crippen molar-refractivity contribution in [1.29, 1.82) is 0 Å². The van der Waals surface area contributed by atoms with Crippen LogP contribution in [-0.2, 0) is 0 Å². The van der Waals surface area contributed by atoms with Gasteiger partial charge in [0.05, 0.1) is 17.4 Å². The highest BCUT2D eigenvalue weighted by Gasteiger charge is 2.00. The Kier molecular flexibility index (Phi) is 1.90. The van der Waals surface area contributed by atoms with E-state index in [1.165, 1.54) is 4.88 Å². The van der Waals surface area contributed by atoms with Crippen LogP contribution in [-0.4, -0.2) is 9.78 Å². The zero-order valence-electron chi connectivity index (χ0n) is 6.49. The molecule has 0 aliphatic rings. The van der Waals surface area contributed by atoms with Crippen molar-refractivity contribution in [2.24, 2.45) is 0 Å². The third-order valence-electron chi connectivity index (χ3n) is 1.50. The molecule has 0 amide bonds. The van der Waals surface area contributed by atoms with Gasteiger partial charge in [-0.25, -0.2) is 4.68 Å². The minimum atomic E-state index is 0.668. The first-order valence-corrected chi connectivity index (χ1v) is 4.72. The summed E-state index contributed by atoms with van der Waals surface area (Å²) in [7, 11) is 0. The van der Waals surface area contributed by atoms with Gasteiger partial charge >= 0.3 is 0 Å². The van der Waals surface area contributed by atoms with Crippen LogP contribution >= 0.6 is 22.9 Å². The van der Waals surface area contributed by atoms with E-state index >= 15 is 0 Å². The fraction of sp³-hybridized carbons (Fsp3) is 0.125. The summed E-state index contributed by atoms with van der Waals surface area (Å²) < 4.78 is 1.78. The van der Waals surface area contributed by atoms with Crippen molar-refractivity contribution in [2.75, 3.05) is 0 Å². The van der Waals surface area contributed by atoms with Crippen LogP contribution < -0.4 is 0 Å². The number of aromatic nitrogens is 2. The SMILES string of the molecule is Cc1ccc(-n2cc(Cl)cn2)s1. The highest BCUT2D eigenvalue weighted by molar-refractivity contribution is 7.14. The largest absolute Gasteiger partial charge is 0.229 e. The van der Waals surface area contributed by atoms with Crippen molar-refractivity contribution in [2.45, 2.75) is 6.92 Å². The normalized spacial score (nSPS) is 10.5. The Balaban J connectivity index is 2.43. The minimum absolute atomic E-state index is 0.668. The van der Waals surface area contributed by atoms with Gasteiger partial charge < -0.3 is 0 Å². The van der Waals surface area contributed by atoms with Crippen LogP contribution in [0.25, 0.3) is 5.00 Å². The number of halogens is 1. The van der Waals surface area contributed by atoms with Gasteiger partial charge in [-0.2, -0.15) is 5.10 Å². The van der Waals surface area contributed by atoms with E-state index in [0.717, 1.165) is 5.00 Å². The Morgan fingerprint density at radius 3 is 2.83 bits per heavy atom. The summed E-state index contributed by atoms with van der Waals surface area (Å²) in [6.45, 7) is 2.07. The molecule has 12 heavy (non-hydrogen) atoms. The Hall–Kier alpha value is -0.800. The van der Waals surface area contributed by atoms with Gasteiger partial charge in [0.1, 0.15) is 5.00 Å². The maximum Gasteiger partial charge on any atom is 0.117 e. The predicted molar refractivity (Wildman–Crippen MR) is 51.2 cm³/mol. The lowest BCUT2D eigenvalue weighted by molar-refractivity contribution is 0.898. The van der Waals surface area contributed by atoms with Crippen molar-refractivity contribution < 1.29 is 0 Å². The second-order valence-corrected chi connectivity index (χ2v) is 4.19. The van der Waals surface area contributed by atoms with Crippen molar-refractivity contribution in [1.82, 2.24) is 9.78 Å². The molecule has 2 rings (SSSR count). The monoisotopic (exact) mass is 198 g/mol. The summed E-state index contributed by atoms with van der Waals surface area (Å²) in [5.41, 5.74) is 0. The first kappa shape index (κ1) is 7.83. The van der Waals surface area contributed by atoms with Gasteiger partial charge in [0.2, 0.25) is 0 Å². The standard InChI is InChI=1S/C8H7ClN2S/c1-6-2-3-8(12-6)11-5-7(9)4-10-11/h2-5H,1H3.